The zero-order valence-corrected chi connectivity index (χ0v) is 16.5. The molecule has 0 heterocycles. The Bertz CT molecular complexity index is 582. The molecule has 0 spiro atoms. The van der Waals surface area contributed by atoms with Gasteiger partial charge in [0, 0.05) is 5.54 Å². The lowest BCUT2D eigenvalue weighted by molar-refractivity contribution is -0.133. The lowest BCUT2D eigenvalue weighted by Crippen LogP contribution is -2.57. The van der Waals surface area contributed by atoms with E-state index in [-0.39, 0.29) is 11.8 Å². The van der Waals surface area contributed by atoms with Crippen LogP contribution < -0.4 is 16.4 Å². The molecule has 0 radical (unpaired) electrons. The maximum Gasteiger partial charge on any atom is 0.251 e. The van der Waals surface area contributed by atoms with Gasteiger partial charge in [0.2, 0.25) is 5.91 Å². The molecule has 1 aromatic carbocycles. The van der Waals surface area contributed by atoms with Crippen molar-refractivity contribution in [3.05, 3.63) is 35.9 Å². The van der Waals surface area contributed by atoms with Crippen LogP contribution in [-0.2, 0) is 16.0 Å². The minimum absolute atomic E-state index is 0.275. The predicted octanol–water partition coefficient (Wildman–Crippen LogP) is 1.36. The van der Waals surface area contributed by atoms with E-state index in [1.165, 1.54) is 0 Å². The molecule has 5 N–H and O–H groups in total. The molecule has 6 heteroatoms. The number of hydrogen-bond donors (Lipinski definition) is 4. The van der Waals surface area contributed by atoms with Gasteiger partial charge in [-0.25, -0.2) is 0 Å². The second-order valence-corrected chi connectivity index (χ2v) is 8.22. The Hall–Kier alpha value is -1.92. The minimum atomic E-state index is -1.37. The third-order valence-electron chi connectivity index (χ3n) is 3.84. The quantitative estimate of drug-likeness (QED) is 0.560. The first kappa shape index (κ1) is 22.1. The monoisotopic (exact) mass is 363 g/mol. The van der Waals surface area contributed by atoms with E-state index in [4.69, 9.17) is 5.73 Å². The third kappa shape index (κ3) is 7.97. The van der Waals surface area contributed by atoms with Gasteiger partial charge < -0.3 is 21.5 Å². The fraction of sp³-hybridized carbons (Fsp3) is 0.600. The van der Waals surface area contributed by atoms with Crippen LogP contribution in [0.25, 0.3) is 0 Å². The van der Waals surface area contributed by atoms with Crippen molar-refractivity contribution >= 4 is 11.8 Å². The molecule has 146 valence electrons. The fourth-order valence-corrected chi connectivity index (χ4v) is 2.64. The number of nitrogens with two attached hydrogens (primary N) is 1. The highest BCUT2D eigenvalue weighted by molar-refractivity contribution is 5.85. The lowest BCUT2D eigenvalue weighted by Gasteiger charge is -2.28. The first-order chi connectivity index (χ1) is 12.0. The molecule has 0 saturated heterocycles. The topological polar surface area (TPSA) is 104 Å². The Morgan fingerprint density at radius 2 is 1.69 bits per heavy atom. The van der Waals surface area contributed by atoms with Gasteiger partial charge in [0.15, 0.2) is 6.10 Å². The number of carbonyl (C=O) groups excluding carboxylic acids is 2. The van der Waals surface area contributed by atoms with Crippen LogP contribution in [-0.4, -0.2) is 40.6 Å². The number of aliphatic hydroxyl groups excluding tert-OH is 1. The molecule has 0 aliphatic heterocycles. The summed E-state index contributed by atoms with van der Waals surface area (Å²) in [5, 5.41) is 16.1. The van der Waals surface area contributed by atoms with Crippen LogP contribution in [0.15, 0.2) is 30.3 Å². The van der Waals surface area contributed by atoms with Crippen molar-refractivity contribution in [3.8, 4) is 0 Å². The smallest absolute Gasteiger partial charge is 0.251 e. The summed E-state index contributed by atoms with van der Waals surface area (Å²) in [6.07, 6.45) is -0.502. The molecule has 0 saturated carbocycles. The highest BCUT2D eigenvalue weighted by Crippen LogP contribution is 2.10. The van der Waals surface area contributed by atoms with Crippen LogP contribution >= 0.6 is 0 Å². The first-order valence-electron chi connectivity index (χ1n) is 9.09. The predicted molar refractivity (Wildman–Crippen MR) is 103 cm³/mol. The molecule has 0 bridgehead atoms. The summed E-state index contributed by atoms with van der Waals surface area (Å²) in [4.78, 5) is 24.8. The van der Waals surface area contributed by atoms with Gasteiger partial charge in [0.05, 0.1) is 12.1 Å². The fourth-order valence-electron chi connectivity index (χ4n) is 2.64. The van der Waals surface area contributed by atoms with Gasteiger partial charge in [0.25, 0.3) is 5.91 Å². The van der Waals surface area contributed by atoms with Gasteiger partial charge in [0.1, 0.15) is 0 Å². The maximum atomic E-state index is 12.4. The molecule has 3 atom stereocenters. The minimum Gasteiger partial charge on any atom is -0.381 e. The number of amides is 2. The summed E-state index contributed by atoms with van der Waals surface area (Å²) in [7, 11) is 0. The molecule has 0 aromatic heterocycles. The van der Waals surface area contributed by atoms with Crippen molar-refractivity contribution in [2.75, 3.05) is 0 Å². The van der Waals surface area contributed by atoms with Crippen LogP contribution in [0.4, 0.5) is 0 Å². The van der Waals surface area contributed by atoms with Crippen LogP contribution in [0.1, 0.15) is 46.6 Å². The van der Waals surface area contributed by atoms with E-state index in [9.17, 15) is 14.7 Å². The van der Waals surface area contributed by atoms with Crippen molar-refractivity contribution in [1.29, 1.82) is 0 Å². The molecule has 6 nitrogen and oxygen atoms in total. The largest absolute Gasteiger partial charge is 0.381 e. The summed E-state index contributed by atoms with van der Waals surface area (Å²) in [5.41, 5.74) is 6.38. The Balaban J connectivity index is 2.91. The van der Waals surface area contributed by atoms with Gasteiger partial charge in [-0.3, -0.25) is 9.59 Å². The average Bonchev–Trinajstić information content (AvgIpc) is 2.52. The third-order valence-corrected chi connectivity index (χ3v) is 3.84. The number of rotatable bonds is 8. The van der Waals surface area contributed by atoms with Crippen molar-refractivity contribution in [2.45, 2.75) is 71.2 Å². The van der Waals surface area contributed by atoms with Gasteiger partial charge in [-0.05, 0) is 45.1 Å². The molecule has 0 aliphatic rings. The SMILES string of the molecule is CC(C)CC(N)C(=O)NC(Cc1ccccc1)C(O)C(=O)NC(C)(C)C. The van der Waals surface area contributed by atoms with Crippen molar-refractivity contribution in [1.82, 2.24) is 10.6 Å². The number of nitrogens with one attached hydrogen (secondary N) is 2. The molecule has 2 amide bonds. The van der Waals surface area contributed by atoms with E-state index in [0.717, 1.165) is 5.56 Å². The number of benzene rings is 1. The highest BCUT2D eigenvalue weighted by atomic mass is 16.3. The normalized spacial score (nSPS) is 15.2. The first-order valence-corrected chi connectivity index (χ1v) is 9.09. The van der Waals surface area contributed by atoms with Crippen molar-refractivity contribution < 1.29 is 14.7 Å². The summed E-state index contributed by atoms with van der Waals surface area (Å²) < 4.78 is 0. The van der Waals surface area contributed by atoms with Crippen LogP contribution in [0.5, 0.6) is 0 Å². The molecule has 3 unspecified atom stereocenters. The van der Waals surface area contributed by atoms with Crippen LogP contribution in [0, 0.1) is 5.92 Å². The standard InChI is InChI=1S/C20H33N3O3/c1-13(2)11-15(21)18(25)22-16(12-14-9-7-6-8-10-14)17(24)19(26)23-20(3,4)5/h6-10,13,15-17,24H,11-12,21H2,1-5H3,(H,22,25)(H,23,26). The van der Waals surface area contributed by atoms with Gasteiger partial charge in [-0.2, -0.15) is 0 Å². The molecular weight excluding hydrogens is 330 g/mol. The van der Waals surface area contributed by atoms with Crippen LogP contribution in [0.3, 0.4) is 0 Å². The zero-order valence-electron chi connectivity index (χ0n) is 16.5. The van der Waals surface area contributed by atoms with E-state index < -0.39 is 29.6 Å². The van der Waals surface area contributed by atoms with E-state index in [1.54, 1.807) is 0 Å². The summed E-state index contributed by atoms with van der Waals surface area (Å²) in [6, 6.07) is 7.99. The maximum absolute atomic E-state index is 12.4. The van der Waals surface area contributed by atoms with Gasteiger partial charge >= 0.3 is 0 Å². The number of hydrogen-bond acceptors (Lipinski definition) is 4. The molecule has 1 aromatic rings. The molecular formula is C20H33N3O3. The second-order valence-electron chi connectivity index (χ2n) is 8.22. The number of aliphatic hydroxyl groups is 1. The summed E-state index contributed by atoms with van der Waals surface area (Å²) in [6.45, 7) is 9.48. The van der Waals surface area contributed by atoms with E-state index in [2.05, 4.69) is 10.6 Å². The van der Waals surface area contributed by atoms with Gasteiger partial charge in [-0.1, -0.05) is 44.2 Å². The highest BCUT2D eigenvalue weighted by Gasteiger charge is 2.31. The second kappa shape index (κ2) is 9.69. The van der Waals surface area contributed by atoms with Crippen molar-refractivity contribution in [2.24, 2.45) is 11.7 Å². The average molecular weight is 364 g/mol. The molecule has 26 heavy (non-hydrogen) atoms. The van der Waals surface area contributed by atoms with Crippen molar-refractivity contribution in [3.63, 3.8) is 0 Å². The summed E-state index contributed by atoms with van der Waals surface area (Å²) >= 11 is 0. The number of carbonyl (C=O) groups is 2. The molecule has 0 fully saturated rings. The lowest BCUT2D eigenvalue weighted by atomic mass is 9.98. The molecule has 1 rings (SSSR count). The Kier molecular flexibility index (Phi) is 8.24. The van der Waals surface area contributed by atoms with E-state index in [1.807, 2.05) is 65.0 Å². The van der Waals surface area contributed by atoms with E-state index in [0.29, 0.717) is 12.8 Å². The van der Waals surface area contributed by atoms with Crippen LogP contribution in [0.2, 0.25) is 0 Å². The zero-order chi connectivity index (χ0) is 19.9. The Morgan fingerprint density at radius 3 is 2.19 bits per heavy atom. The summed E-state index contributed by atoms with van der Waals surface area (Å²) in [5.74, 6) is -0.601. The van der Waals surface area contributed by atoms with Gasteiger partial charge in [-0.15, -0.1) is 0 Å². The Labute approximate surface area is 156 Å². The molecule has 0 aliphatic carbocycles. The Morgan fingerprint density at radius 1 is 1.12 bits per heavy atom. The van der Waals surface area contributed by atoms with E-state index >= 15 is 0 Å².